The molecule has 6 rings (SSSR count). The second kappa shape index (κ2) is 8.01. The van der Waals surface area contributed by atoms with Crippen molar-refractivity contribution in [3.05, 3.63) is 77.6 Å². The third-order valence-electron chi connectivity index (χ3n) is 6.16. The van der Waals surface area contributed by atoms with Crippen molar-refractivity contribution in [2.24, 2.45) is 5.92 Å². The molecule has 0 spiro atoms. The van der Waals surface area contributed by atoms with E-state index in [4.69, 9.17) is 0 Å². The van der Waals surface area contributed by atoms with Gasteiger partial charge in [-0.15, -0.1) is 12.4 Å². The molecule has 3 saturated heterocycles. The number of carbonyl (C=O) groups is 2. The first-order chi connectivity index (χ1) is 13.7. The van der Waals surface area contributed by atoms with Crippen LogP contribution in [0.5, 0.6) is 0 Å². The Morgan fingerprint density at radius 2 is 1.69 bits per heavy atom. The highest BCUT2D eigenvalue weighted by atomic mass is 35.5. The van der Waals surface area contributed by atoms with Gasteiger partial charge >= 0.3 is 0 Å². The number of benzene rings is 1. The lowest BCUT2D eigenvalue weighted by atomic mass is 9.84. The van der Waals surface area contributed by atoms with Gasteiger partial charge in [0.25, 0.3) is 5.91 Å². The van der Waals surface area contributed by atoms with E-state index in [-0.39, 0.29) is 30.1 Å². The first-order valence-electron chi connectivity index (χ1n) is 9.94. The number of carbonyl (C=O) groups excluding carboxylic acids is 2. The summed E-state index contributed by atoms with van der Waals surface area (Å²) in [5, 5.41) is 3.25. The topological polar surface area (TPSA) is 53.8 Å². The van der Waals surface area contributed by atoms with Gasteiger partial charge in [-0.25, -0.2) is 0 Å². The standard InChI is InChI=1S/C23H23N3O2.ClH/c27-22(17-6-2-1-3-7-17)21-14-18(20-8-4-5-11-26(20)21)23(28)24-19-15-25-12-9-16(19)10-13-25;/h1-8,11,14,16,19H,9-10,12-13,15H2,(H,24,28);1H/t19-;/m0./s1. The highest BCUT2D eigenvalue weighted by Crippen LogP contribution is 2.28. The summed E-state index contributed by atoms with van der Waals surface area (Å²) in [6.07, 6.45) is 4.15. The van der Waals surface area contributed by atoms with Crippen molar-refractivity contribution < 1.29 is 9.59 Å². The van der Waals surface area contributed by atoms with E-state index in [0.717, 1.165) is 38.0 Å². The van der Waals surface area contributed by atoms with Crippen molar-refractivity contribution >= 4 is 29.6 Å². The number of ketones is 1. The minimum Gasteiger partial charge on any atom is -0.348 e. The molecule has 1 atom stereocenters. The quantitative estimate of drug-likeness (QED) is 0.672. The monoisotopic (exact) mass is 409 g/mol. The van der Waals surface area contributed by atoms with Gasteiger partial charge < -0.3 is 14.6 Å². The smallest absolute Gasteiger partial charge is 0.253 e. The van der Waals surface area contributed by atoms with Gasteiger partial charge in [-0.05, 0) is 50.0 Å². The van der Waals surface area contributed by atoms with Crippen LogP contribution >= 0.6 is 12.4 Å². The summed E-state index contributed by atoms with van der Waals surface area (Å²) in [6.45, 7) is 3.21. The molecule has 150 valence electrons. The molecule has 0 saturated carbocycles. The van der Waals surface area contributed by atoms with E-state index in [2.05, 4.69) is 10.2 Å². The van der Waals surface area contributed by atoms with Crippen molar-refractivity contribution in [1.29, 1.82) is 0 Å². The molecule has 1 aromatic carbocycles. The molecule has 0 unspecified atom stereocenters. The van der Waals surface area contributed by atoms with Crippen LogP contribution in [0.1, 0.15) is 39.3 Å². The maximum Gasteiger partial charge on any atom is 0.253 e. The van der Waals surface area contributed by atoms with Crippen LogP contribution in [0.2, 0.25) is 0 Å². The summed E-state index contributed by atoms with van der Waals surface area (Å²) < 4.78 is 1.82. The van der Waals surface area contributed by atoms with E-state index in [0.29, 0.717) is 22.7 Å². The maximum atomic E-state index is 13.1. The lowest BCUT2D eigenvalue weighted by Crippen LogP contribution is -2.57. The Morgan fingerprint density at radius 3 is 2.38 bits per heavy atom. The van der Waals surface area contributed by atoms with E-state index in [1.165, 1.54) is 0 Å². The third kappa shape index (κ3) is 3.56. The Hall–Kier alpha value is -2.63. The molecule has 3 fully saturated rings. The number of pyridine rings is 1. The molecule has 29 heavy (non-hydrogen) atoms. The number of piperidine rings is 3. The van der Waals surface area contributed by atoms with Crippen molar-refractivity contribution in [1.82, 2.24) is 14.6 Å². The molecule has 1 N–H and O–H groups in total. The Labute approximate surface area is 176 Å². The van der Waals surface area contributed by atoms with Crippen molar-refractivity contribution in [2.75, 3.05) is 19.6 Å². The molecular formula is C23H24ClN3O2. The lowest BCUT2D eigenvalue weighted by Gasteiger charge is -2.44. The van der Waals surface area contributed by atoms with Crippen LogP contribution in [-0.4, -0.2) is 46.7 Å². The Morgan fingerprint density at radius 1 is 0.966 bits per heavy atom. The number of fused-ring (bicyclic) bond motifs is 4. The fraction of sp³-hybridized carbons (Fsp3) is 0.304. The molecule has 3 aromatic rings. The zero-order chi connectivity index (χ0) is 19.1. The third-order valence-corrected chi connectivity index (χ3v) is 6.16. The minimum absolute atomic E-state index is 0. The Bertz CT molecular complexity index is 1040. The zero-order valence-electron chi connectivity index (χ0n) is 16.1. The fourth-order valence-corrected chi connectivity index (χ4v) is 4.62. The van der Waals surface area contributed by atoms with Gasteiger partial charge in [-0.3, -0.25) is 9.59 Å². The molecule has 0 aliphatic carbocycles. The Kier molecular flexibility index (Phi) is 5.43. The molecule has 0 radical (unpaired) electrons. The van der Waals surface area contributed by atoms with Gasteiger partial charge in [0, 0.05) is 24.3 Å². The van der Waals surface area contributed by atoms with Crippen LogP contribution in [0, 0.1) is 5.92 Å². The van der Waals surface area contributed by atoms with E-state index in [1.807, 2.05) is 47.0 Å². The summed E-state index contributed by atoms with van der Waals surface area (Å²) in [7, 11) is 0. The number of halogens is 1. The molecule has 5 heterocycles. The van der Waals surface area contributed by atoms with E-state index in [1.54, 1.807) is 18.2 Å². The molecule has 2 aromatic heterocycles. The number of nitrogens with one attached hydrogen (secondary N) is 1. The Balaban J connectivity index is 0.00000205. The number of aromatic nitrogens is 1. The van der Waals surface area contributed by atoms with Crippen LogP contribution in [0.3, 0.4) is 0 Å². The van der Waals surface area contributed by atoms with Gasteiger partial charge in [0.15, 0.2) is 0 Å². The van der Waals surface area contributed by atoms with Crippen LogP contribution < -0.4 is 5.32 Å². The van der Waals surface area contributed by atoms with Crippen LogP contribution in [-0.2, 0) is 0 Å². The van der Waals surface area contributed by atoms with Gasteiger partial charge in [0.1, 0.15) is 0 Å². The van der Waals surface area contributed by atoms with Crippen LogP contribution in [0.25, 0.3) is 5.52 Å². The largest absolute Gasteiger partial charge is 0.348 e. The molecule has 1 amide bonds. The SMILES string of the molecule is Cl.O=C(N[C@H]1CN2CCC1CC2)c1cc(C(=O)c2ccccc2)n2ccccc12. The summed E-state index contributed by atoms with van der Waals surface area (Å²) in [5.41, 5.74) is 2.47. The molecule has 5 nitrogen and oxygen atoms in total. The number of hydrogen-bond donors (Lipinski definition) is 1. The molecule has 2 bridgehead atoms. The molecule has 3 aliphatic rings. The van der Waals surface area contributed by atoms with Crippen molar-refractivity contribution in [2.45, 2.75) is 18.9 Å². The average molecular weight is 410 g/mol. The summed E-state index contributed by atoms with van der Waals surface area (Å²) >= 11 is 0. The van der Waals surface area contributed by atoms with Crippen molar-refractivity contribution in [3.63, 3.8) is 0 Å². The zero-order valence-corrected chi connectivity index (χ0v) is 16.9. The number of rotatable bonds is 4. The van der Waals surface area contributed by atoms with Crippen LogP contribution in [0.15, 0.2) is 60.8 Å². The predicted octanol–water partition coefficient (Wildman–Crippen LogP) is 3.42. The average Bonchev–Trinajstić information content (AvgIpc) is 3.14. The number of nitrogens with zero attached hydrogens (tertiary/aromatic N) is 2. The van der Waals surface area contributed by atoms with Gasteiger partial charge in [-0.1, -0.05) is 36.4 Å². The first-order valence-corrected chi connectivity index (χ1v) is 9.94. The fourth-order valence-electron chi connectivity index (χ4n) is 4.62. The predicted molar refractivity (Wildman–Crippen MR) is 115 cm³/mol. The molecule has 6 heteroatoms. The summed E-state index contributed by atoms with van der Waals surface area (Å²) in [5.74, 6) is 0.395. The highest BCUT2D eigenvalue weighted by molar-refractivity contribution is 6.12. The first kappa shape index (κ1) is 19.7. The van der Waals surface area contributed by atoms with Crippen LogP contribution in [0.4, 0.5) is 0 Å². The second-order valence-electron chi connectivity index (χ2n) is 7.81. The van der Waals surface area contributed by atoms with Crippen molar-refractivity contribution in [3.8, 4) is 0 Å². The number of amides is 1. The van der Waals surface area contributed by atoms with E-state index < -0.39 is 0 Å². The van der Waals surface area contributed by atoms with Gasteiger partial charge in [-0.2, -0.15) is 0 Å². The second-order valence-corrected chi connectivity index (χ2v) is 7.81. The highest BCUT2D eigenvalue weighted by Gasteiger charge is 2.35. The lowest BCUT2D eigenvalue weighted by molar-refractivity contribution is 0.0621. The minimum atomic E-state index is -0.0884. The maximum absolute atomic E-state index is 13.1. The van der Waals surface area contributed by atoms with E-state index in [9.17, 15) is 9.59 Å². The number of hydrogen-bond acceptors (Lipinski definition) is 3. The summed E-state index contributed by atoms with van der Waals surface area (Å²) in [4.78, 5) is 28.6. The van der Waals surface area contributed by atoms with Gasteiger partial charge in [0.2, 0.25) is 5.78 Å². The van der Waals surface area contributed by atoms with E-state index >= 15 is 0 Å². The molecular weight excluding hydrogens is 386 g/mol. The molecule has 3 aliphatic heterocycles. The van der Waals surface area contributed by atoms with Gasteiger partial charge in [0.05, 0.1) is 16.8 Å². The normalized spacial score (nSPS) is 22.8. The summed E-state index contributed by atoms with van der Waals surface area (Å²) in [6, 6.07) is 16.8.